The van der Waals surface area contributed by atoms with E-state index in [1.807, 2.05) is 13.0 Å². The van der Waals surface area contributed by atoms with Crippen molar-refractivity contribution in [2.24, 2.45) is 0 Å². The molecule has 4 aromatic rings. The molecular weight excluding hydrogens is 581 g/mol. The van der Waals surface area contributed by atoms with Gasteiger partial charge in [-0.2, -0.15) is 0 Å². The Bertz CT molecular complexity index is 1780. The maximum absolute atomic E-state index is 13.0. The largest absolute Gasteiger partial charge is 0.322 e. The second kappa shape index (κ2) is 11.3. The molecule has 202 valence electrons. The summed E-state index contributed by atoms with van der Waals surface area (Å²) in [7, 11) is -8.00. The Morgan fingerprint density at radius 3 is 2.08 bits per heavy atom. The number of benzene rings is 4. The smallest absolute Gasteiger partial charge is 0.263 e. The first-order valence-corrected chi connectivity index (χ1v) is 15.2. The minimum Gasteiger partial charge on any atom is -0.322 e. The minimum absolute atomic E-state index is 0.0260. The van der Waals surface area contributed by atoms with Gasteiger partial charge in [-0.05, 0) is 91.7 Å². The summed E-state index contributed by atoms with van der Waals surface area (Å²) in [5, 5.41) is 3.00. The van der Waals surface area contributed by atoms with Crippen LogP contribution in [0.3, 0.4) is 0 Å². The summed E-state index contributed by atoms with van der Waals surface area (Å²) in [5.41, 5.74) is 2.50. The summed E-state index contributed by atoms with van der Waals surface area (Å²) >= 11 is 12.2. The van der Waals surface area contributed by atoms with Gasteiger partial charge in [0.25, 0.3) is 26.0 Å². The first-order valence-electron chi connectivity index (χ1n) is 11.4. The Morgan fingerprint density at radius 2 is 1.38 bits per heavy atom. The number of nitrogens with one attached hydrogen (secondary N) is 3. The third-order valence-corrected chi connectivity index (χ3v) is 9.34. The Kier molecular flexibility index (Phi) is 8.22. The number of aryl methyl sites for hydroxylation is 1. The van der Waals surface area contributed by atoms with E-state index in [9.17, 15) is 21.6 Å². The van der Waals surface area contributed by atoms with Crippen LogP contribution in [0.15, 0.2) is 94.7 Å². The van der Waals surface area contributed by atoms with Crippen LogP contribution in [0.1, 0.15) is 21.5 Å². The highest BCUT2D eigenvalue weighted by molar-refractivity contribution is 7.93. The Morgan fingerprint density at radius 1 is 0.692 bits per heavy atom. The van der Waals surface area contributed by atoms with E-state index in [1.165, 1.54) is 42.5 Å². The van der Waals surface area contributed by atoms with Crippen molar-refractivity contribution >= 4 is 66.2 Å². The molecule has 3 N–H and O–H groups in total. The monoisotopic (exact) mass is 603 g/mol. The van der Waals surface area contributed by atoms with E-state index in [0.717, 1.165) is 5.56 Å². The maximum atomic E-state index is 13.0. The number of carbonyl (C=O) groups is 1. The van der Waals surface area contributed by atoms with Gasteiger partial charge in [0, 0.05) is 22.0 Å². The highest BCUT2D eigenvalue weighted by Gasteiger charge is 2.21. The number of hydrogen-bond acceptors (Lipinski definition) is 5. The van der Waals surface area contributed by atoms with Crippen molar-refractivity contribution in [3.05, 3.63) is 112 Å². The molecule has 12 heteroatoms. The lowest BCUT2D eigenvalue weighted by atomic mass is 10.2. The molecule has 0 saturated carbocycles. The molecule has 0 aromatic heterocycles. The molecule has 0 aliphatic carbocycles. The van der Waals surface area contributed by atoms with Crippen LogP contribution in [-0.2, 0) is 20.0 Å². The maximum Gasteiger partial charge on any atom is 0.263 e. The zero-order valence-electron chi connectivity index (χ0n) is 20.7. The summed E-state index contributed by atoms with van der Waals surface area (Å²) < 4.78 is 56.5. The highest BCUT2D eigenvalue weighted by atomic mass is 35.5. The van der Waals surface area contributed by atoms with E-state index in [-0.39, 0.29) is 20.4 Å². The summed E-state index contributed by atoms with van der Waals surface area (Å²) in [4.78, 5) is 12.6. The first kappa shape index (κ1) is 28.4. The lowest BCUT2D eigenvalue weighted by Crippen LogP contribution is -2.17. The van der Waals surface area contributed by atoms with Crippen molar-refractivity contribution < 1.29 is 21.6 Å². The van der Waals surface area contributed by atoms with Crippen LogP contribution in [0.2, 0.25) is 10.0 Å². The first-order chi connectivity index (χ1) is 18.4. The van der Waals surface area contributed by atoms with Gasteiger partial charge in [0.2, 0.25) is 0 Å². The second-order valence-corrected chi connectivity index (χ2v) is 12.8. The Labute approximate surface area is 237 Å². The van der Waals surface area contributed by atoms with Gasteiger partial charge < -0.3 is 5.32 Å². The molecule has 8 nitrogen and oxygen atoms in total. The molecule has 39 heavy (non-hydrogen) atoms. The molecule has 4 rings (SSSR count). The van der Waals surface area contributed by atoms with Gasteiger partial charge in [0.15, 0.2) is 0 Å². The van der Waals surface area contributed by atoms with Gasteiger partial charge in [-0.3, -0.25) is 14.2 Å². The number of anilines is 3. The van der Waals surface area contributed by atoms with E-state index in [0.29, 0.717) is 27.6 Å². The van der Waals surface area contributed by atoms with Crippen molar-refractivity contribution in [1.29, 1.82) is 0 Å². The minimum atomic E-state index is -4.09. The lowest BCUT2D eigenvalue weighted by molar-refractivity contribution is 0.102. The van der Waals surface area contributed by atoms with Crippen LogP contribution in [0.4, 0.5) is 17.1 Å². The predicted octanol–water partition coefficient (Wildman–Crippen LogP) is 6.46. The second-order valence-electron chi connectivity index (χ2n) is 8.62. The summed E-state index contributed by atoms with van der Waals surface area (Å²) in [6.07, 6.45) is 0. The SMILES string of the molecule is Cc1cccc(NS(=O)(=O)c2cc(C(=O)Nc3ccc(S(=O)(=O)Nc4cccc(Cl)c4C)cc3)ccc2Cl)c1. The summed E-state index contributed by atoms with van der Waals surface area (Å²) in [6.45, 7) is 3.53. The predicted molar refractivity (Wildman–Crippen MR) is 155 cm³/mol. The van der Waals surface area contributed by atoms with Gasteiger partial charge in [-0.1, -0.05) is 41.4 Å². The van der Waals surface area contributed by atoms with Crippen LogP contribution in [0.25, 0.3) is 0 Å². The third-order valence-electron chi connectivity index (χ3n) is 5.69. The number of carbonyl (C=O) groups excluding carboxylic acids is 1. The topological polar surface area (TPSA) is 121 Å². The number of halogens is 2. The van der Waals surface area contributed by atoms with E-state index in [4.69, 9.17) is 23.2 Å². The van der Waals surface area contributed by atoms with Crippen LogP contribution >= 0.6 is 23.2 Å². The molecule has 0 unspecified atom stereocenters. The molecule has 0 spiro atoms. The fourth-order valence-electron chi connectivity index (χ4n) is 3.61. The van der Waals surface area contributed by atoms with Crippen LogP contribution in [0, 0.1) is 13.8 Å². The average Bonchev–Trinajstić information content (AvgIpc) is 2.87. The summed E-state index contributed by atoms with van der Waals surface area (Å²) in [5.74, 6) is -0.609. The number of amides is 1. The molecule has 4 aromatic carbocycles. The standard InChI is InChI=1S/C27H23Cl2N3O5S2/c1-17-5-3-6-21(15-17)31-39(36,37)26-16-19(9-14-24(26)29)27(33)30-20-10-12-22(13-11-20)38(34,35)32-25-8-4-7-23(28)18(25)2/h3-16,31-32H,1-2H3,(H,30,33). The van der Waals surface area contributed by atoms with Crippen LogP contribution in [0.5, 0.6) is 0 Å². The fourth-order valence-corrected chi connectivity index (χ4v) is 6.49. The zero-order valence-corrected chi connectivity index (χ0v) is 23.8. The molecule has 0 aliphatic heterocycles. The Balaban J connectivity index is 1.51. The van der Waals surface area contributed by atoms with Gasteiger partial charge >= 0.3 is 0 Å². The van der Waals surface area contributed by atoms with Gasteiger partial charge in [-0.25, -0.2) is 16.8 Å². The lowest BCUT2D eigenvalue weighted by Gasteiger charge is -2.13. The molecule has 0 atom stereocenters. The normalized spacial score (nSPS) is 11.6. The number of rotatable bonds is 8. The molecule has 1 amide bonds. The van der Waals surface area contributed by atoms with Crippen molar-refractivity contribution in [3.63, 3.8) is 0 Å². The van der Waals surface area contributed by atoms with Crippen LogP contribution in [-0.4, -0.2) is 22.7 Å². The molecule has 0 bridgehead atoms. The summed E-state index contributed by atoms with van der Waals surface area (Å²) in [6, 6.07) is 21.1. The van der Waals surface area contributed by atoms with E-state index in [2.05, 4.69) is 14.8 Å². The molecule has 0 aliphatic rings. The Hall–Kier alpha value is -3.57. The molecule has 0 fully saturated rings. The van der Waals surface area contributed by atoms with Crippen molar-refractivity contribution in [2.45, 2.75) is 23.6 Å². The fraction of sp³-hybridized carbons (Fsp3) is 0.0741. The van der Waals surface area contributed by atoms with Gasteiger partial charge in [0.05, 0.1) is 15.6 Å². The molecule has 0 radical (unpaired) electrons. The van der Waals surface area contributed by atoms with Crippen molar-refractivity contribution in [1.82, 2.24) is 0 Å². The van der Waals surface area contributed by atoms with Gasteiger partial charge in [-0.15, -0.1) is 0 Å². The number of sulfonamides is 2. The highest BCUT2D eigenvalue weighted by Crippen LogP contribution is 2.27. The van der Waals surface area contributed by atoms with Crippen molar-refractivity contribution in [3.8, 4) is 0 Å². The molecule has 0 saturated heterocycles. The van der Waals surface area contributed by atoms with Gasteiger partial charge in [0.1, 0.15) is 4.90 Å². The molecule has 0 heterocycles. The van der Waals surface area contributed by atoms with E-state index >= 15 is 0 Å². The van der Waals surface area contributed by atoms with Crippen LogP contribution < -0.4 is 14.8 Å². The molecular formula is C27H23Cl2N3O5S2. The zero-order chi connectivity index (χ0) is 28.4. The van der Waals surface area contributed by atoms with E-state index < -0.39 is 26.0 Å². The third kappa shape index (κ3) is 6.72. The quantitative estimate of drug-likeness (QED) is 0.213. The van der Waals surface area contributed by atoms with Crippen molar-refractivity contribution in [2.75, 3.05) is 14.8 Å². The number of hydrogen-bond donors (Lipinski definition) is 3. The van der Waals surface area contributed by atoms with E-state index in [1.54, 1.807) is 43.3 Å². The average molecular weight is 605 g/mol.